The van der Waals surface area contributed by atoms with E-state index in [4.69, 9.17) is 4.74 Å². The van der Waals surface area contributed by atoms with Crippen LogP contribution >= 0.6 is 11.3 Å². The number of hydrogen-bond donors (Lipinski definition) is 0. The maximum absolute atomic E-state index is 12.7. The second-order valence-corrected chi connectivity index (χ2v) is 6.87. The summed E-state index contributed by atoms with van der Waals surface area (Å²) in [5.74, 6) is 0.650. The van der Waals surface area contributed by atoms with Crippen LogP contribution in [-0.4, -0.2) is 59.6 Å². The summed E-state index contributed by atoms with van der Waals surface area (Å²) < 4.78 is 5.83. The average Bonchev–Trinajstić information content (AvgIpc) is 3.10. The molecule has 1 saturated heterocycles. The molecule has 3 heterocycles. The van der Waals surface area contributed by atoms with E-state index in [2.05, 4.69) is 15.0 Å². The van der Waals surface area contributed by atoms with Gasteiger partial charge in [-0.3, -0.25) is 4.79 Å². The number of anilines is 1. The molecule has 0 radical (unpaired) electrons. The summed E-state index contributed by atoms with van der Waals surface area (Å²) >= 11 is 1.46. The fourth-order valence-electron chi connectivity index (χ4n) is 2.50. The molecule has 1 aliphatic rings. The van der Waals surface area contributed by atoms with Crippen LogP contribution in [0.5, 0.6) is 0 Å². The zero-order valence-electron chi connectivity index (χ0n) is 14.1. The van der Waals surface area contributed by atoms with Gasteiger partial charge in [0.15, 0.2) is 0 Å². The van der Waals surface area contributed by atoms with Gasteiger partial charge in [0.25, 0.3) is 5.91 Å². The molecule has 0 aliphatic carbocycles. The number of aromatic nitrogens is 3. The highest BCUT2D eigenvalue weighted by atomic mass is 32.1. The standard InChI is InChI=1S/C16H21N5O2S/c1-4-14-18-9-13(24-14)15(22)21-7-8-23-12(10-21)11-5-6-17-16(19-11)20(2)3/h5-6,9,12H,4,7-8,10H2,1-3H3. The molecule has 1 unspecified atom stereocenters. The van der Waals surface area contributed by atoms with Crippen molar-refractivity contribution in [2.45, 2.75) is 19.4 Å². The van der Waals surface area contributed by atoms with Crippen molar-refractivity contribution in [3.8, 4) is 0 Å². The third-order valence-corrected chi connectivity index (χ3v) is 4.94. The van der Waals surface area contributed by atoms with Gasteiger partial charge in [0.2, 0.25) is 5.95 Å². The molecule has 0 N–H and O–H groups in total. The Balaban J connectivity index is 1.74. The Morgan fingerprint density at radius 3 is 3.00 bits per heavy atom. The van der Waals surface area contributed by atoms with E-state index >= 15 is 0 Å². The SMILES string of the molecule is CCc1ncc(C(=O)N2CCOC(c3ccnc(N(C)C)n3)C2)s1. The summed E-state index contributed by atoms with van der Waals surface area (Å²) in [6, 6.07) is 1.84. The molecule has 2 aromatic heterocycles. The minimum atomic E-state index is -0.233. The summed E-state index contributed by atoms with van der Waals surface area (Å²) in [5.41, 5.74) is 0.796. The second-order valence-electron chi connectivity index (χ2n) is 5.76. The summed E-state index contributed by atoms with van der Waals surface area (Å²) in [7, 11) is 3.79. The van der Waals surface area contributed by atoms with Crippen molar-refractivity contribution in [3.63, 3.8) is 0 Å². The third kappa shape index (κ3) is 3.54. The molecule has 1 aliphatic heterocycles. The first-order chi connectivity index (χ1) is 11.6. The van der Waals surface area contributed by atoms with E-state index in [-0.39, 0.29) is 12.0 Å². The van der Waals surface area contributed by atoms with Crippen LogP contribution in [-0.2, 0) is 11.2 Å². The van der Waals surface area contributed by atoms with Crippen molar-refractivity contribution >= 4 is 23.2 Å². The van der Waals surface area contributed by atoms with E-state index in [1.165, 1.54) is 11.3 Å². The van der Waals surface area contributed by atoms with Crippen molar-refractivity contribution in [1.29, 1.82) is 0 Å². The van der Waals surface area contributed by atoms with E-state index in [1.54, 1.807) is 12.4 Å². The molecule has 24 heavy (non-hydrogen) atoms. The van der Waals surface area contributed by atoms with E-state index in [0.29, 0.717) is 30.5 Å². The zero-order chi connectivity index (χ0) is 17.1. The maximum atomic E-state index is 12.7. The molecule has 0 aromatic carbocycles. The summed E-state index contributed by atoms with van der Waals surface area (Å²) in [6.07, 6.45) is 4.00. The maximum Gasteiger partial charge on any atom is 0.265 e. The Bertz CT molecular complexity index is 718. The average molecular weight is 347 g/mol. The minimum absolute atomic E-state index is 0.0161. The highest BCUT2D eigenvalue weighted by Crippen LogP contribution is 2.24. The molecule has 0 saturated carbocycles. The van der Waals surface area contributed by atoms with Crippen molar-refractivity contribution in [3.05, 3.63) is 34.0 Å². The summed E-state index contributed by atoms with van der Waals surface area (Å²) in [5, 5.41) is 0.981. The number of nitrogens with zero attached hydrogens (tertiary/aromatic N) is 5. The first kappa shape index (κ1) is 16.8. The minimum Gasteiger partial charge on any atom is -0.368 e. The van der Waals surface area contributed by atoms with E-state index < -0.39 is 0 Å². The lowest BCUT2D eigenvalue weighted by atomic mass is 10.2. The highest BCUT2D eigenvalue weighted by Gasteiger charge is 2.28. The van der Waals surface area contributed by atoms with Gasteiger partial charge >= 0.3 is 0 Å². The van der Waals surface area contributed by atoms with Crippen molar-refractivity contribution in [1.82, 2.24) is 19.9 Å². The molecule has 0 spiro atoms. The fourth-order valence-corrected chi connectivity index (χ4v) is 3.32. The molecular weight excluding hydrogens is 326 g/mol. The van der Waals surface area contributed by atoms with Crippen molar-refractivity contribution in [2.24, 2.45) is 0 Å². The number of amides is 1. The van der Waals surface area contributed by atoms with Crippen molar-refractivity contribution in [2.75, 3.05) is 38.7 Å². The third-order valence-electron chi connectivity index (χ3n) is 3.81. The monoisotopic (exact) mass is 347 g/mol. The normalized spacial score (nSPS) is 17.8. The van der Waals surface area contributed by atoms with Gasteiger partial charge in [0.05, 0.1) is 30.1 Å². The van der Waals surface area contributed by atoms with Crippen LogP contribution in [0.2, 0.25) is 0 Å². The van der Waals surface area contributed by atoms with Gasteiger partial charge in [-0.1, -0.05) is 6.92 Å². The number of ether oxygens (including phenoxy) is 1. The second kappa shape index (κ2) is 7.23. The highest BCUT2D eigenvalue weighted by molar-refractivity contribution is 7.13. The van der Waals surface area contributed by atoms with Gasteiger partial charge in [-0.05, 0) is 12.5 Å². The lowest BCUT2D eigenvalue weighted by molar-refractivity contribution is -0.0245. The Kier molecular flexibility index (Phi) is 5.06. The van der Waals surface area contributed by atoms with E-state index in [0.717, 1.165) is 17.1 Å². The largest absolute Gasteiger partial charge is 0.368 e. The molecule has 1 amide bonds. The quantitative estimate of drug-likeness (QED) is 0.839. The first-order valence-corrected chi connectivity index (χ1v) is 8.76. The van der Waals surface area contributed by atoms with Gasteiger partial charge in [-0.2, -0.15) is 0 Å². The molecule has 8 heteroatoms. The van der Waals surface area contributed by atoms with Crippen LogP contribution in [0.25, 0.3) is 0 Å². The molecule has 7 nitrogen and oxygen atoms in total. The van der Waals surface area contributed by atoms with Gasteiger partial charge in [0.1, 0.15) is 11.0 Å². The van der Waals surface area contributed by atoms with Crippen LogP contribution in [0, 0.1) is 0 Å². The summed E-state index contributed by atoms with van der Waals surface area (Å²) in [4.78, 5) is 30.0. The lowest BCUT2D eigenvalue weighted by Crippen LogP contribution is -2.42. The van der Waals surface area contributed by atoms with Crippen molar-refractivity contribution < 1.29 is 9.53 Å². The Morgan fingerprint density at radius 1 is 1.46 bits per heavy atom. The smallest absolute Gasteiger partial charge is 0.265 e. The molecule has 1 atom stereocenters. The van der Waals surface area contributed by atoms with Crippen LogP contribution < -0.4 is 4.90 Å². The topological polar surface area (TPSA) is 71.5 Å². The molecular formula is C16H21N5O2S. The predicted molar refractivity (Wildman–Crippen MR) is 92.4 cm³/mol. The van der Waals surface area contributed by atoms with Gasteiger partial charge in [-0.15, -0.1) is 11.3 Å². The first-order valence-electron chi connectivity index (χ1n) is 7.94. The molecule has 3 rings (SSSR count). The predicted octanol–water partition coefficient (Wildman–Crippen LogP) is 1.78. The van der Waals surface area contributed by atoms with Gasteiger partial charge in [-0.25, -0.2) is 15.0 Å². The molecule has 128 valence electrons. The molecule has 2 aromatic rings. The molecule has 1 fully saturated rings. The fraction of sp³-hybridized carbons (Fsp3) is 0.500. The number of rotatable bonds is 4. The van der Waals surface area contributed by atoms with E-state index in [1.807, 2.05) is 36.9 Å². The Labute approximate surface area is 145 Å². The van der Waals surface area contributed by atoms with Crippen LogP contribution in [0.15, 0.2) is 18.5 Å². The zero-order valence-corrected chi connectivity index (χ0v) is 14.9. The number of carbonyl (C=O) groups is 1. The van der Waals surface area contributed by atoms with Crippen LogP contribution in [0.4, 0.5) is 5.95 Å². The number of morpholine rings is 1. The number of thiazole rings is 1. The molecule has 0 bridgehead atoms. The van der Waals surface area contributed by atoms with Gasteiger partial charge in [0, 0.05) is 26.8 Å². The number of aryl methyl sites for hydroxylation is 1. The Hall–Kier alpha value is -2.06. The summed E-state index contributed by atoms with van der Waals surface area (Å²) in [6.45, 7) is 3.61. The Morgan fingerprint density at radius 2 is 2.29 bits per heavy atom. The van der Waals surface area contributed by atoms with Gasteiger partial charge < -0.3 is 14.5 Å². The lowest BCUT2D eigenvalue weighted by Gasteiger charge is -2.32. The number of carbonyl (C=O) groups excluding carboxylic acids is 1. The number of hydrogen-bond acceptors (Lipinski definition) is 7. The van der Waals surface area contributed by atoms with Crippen LogP contribution in [0.3, 0.4) is 0 Å². The van der Waals surface area contributed by atoms with E-state index in [9.17, 15) is 4.79 Å². The van der Waals surface area contributed by atoms with Crippen LogP contribution in [0.1, 0.15) is 33.4 Å².